The van der Waals surface area contributed by atoms with Crippen molar-refractivity contribution in [3.63, 3.8) is 0 Å². The first-order chi connectivity index (χ1) is 7.63. The Labute approximate surface area is 102 Å². The molecule has 4 heteroatoms. The molecule has 0 saturated carbocycles. The number of piperidine rings is 1. The van der Waals surface area contributed by atoms with Gasteiger partial charge in [-0.15, -0.1) is 10.2 Å². The third-order valence-electron chi connectivity index (χ3n) is 3.77. The van der Waals surface area contributed by atoms with Crippen molar-refractivity contribution < 1.29 is 0 Å². The summed E-state index contributed by atoms with van der Waals surface area (Å²) < 4.78 is 0. The van der Waals surface area contributed by atoms with E-state index in [1.807, 2.05) is 6.07 Å². The fourth-order valence-electron chi connectivity index (χ4n) is 2.11. The van der Waals surface area contributed by atoms with E-state index in [0.717, 1.165) is 18.9 Å². The highest BCUT2D eigenvalue weighted by Gasteiger charge is 2.28. The van der Waals surface area contributed by atoms with Crippen LogP contribution in [0.25, 0.3) is 0 Å². The number of hydrogen-bond acceptors (Lipinski definition) is 3. The van der Waals surface area contributed by atoms with E-state index in [4.69, 9.17) is 11.6 Å². The Bertz CT molecular complexity index is 342. The molecule has 0 aromatic carbocycles. The van der Waals surface area contributed by atoms with Gasteiger partial charge in [0.05, 0.1) is 0 Å². The molecule has 2 heterocycles. The Kier molecular flexibility index (Phi) is 3.33. The summed E-state index contributed by atoms with van der Waals surface area (Å²) in [5.41, 5.74) is 0.510. The van der Waals surface area contributed by atoms with Crippen LogP contribution in [-0.4, -0.2) is 23.3 Å². The second kappa shape index (κ2) is 4.58. The van der Waals surface area contributed by atoms with Crippen molar-refractivity contribution in [1.29, 1.82) is 0 Å². The molecule has 2 rings (SSSR count). The van der Waals surface area contributed by atoms with Gasteiger partial charge in [0.25, 0.3) is 0 Å². The Balaban J connectivity index is 2.01. The predicted octanol–water partition coefficient (Wildman–Crippen LogP) is 3.15. The SMILES string of the molecule is CCC1(C)CCN(c2ccc(Cl)nn2)CC1. The van der Waals surface area contributed by atoms with Crippen LogP contribution in [0.5, 0.6) is 0 Å². The molecule has 0 amide bonds. The summed E-state index contributed by atoms with van der Waals surface area (Å²) in [6, 6.07) is 3.75. The van der Waals surface area contributed by atoms with Gasteiger partial charge < -0.3 is 4.90 Å². The molecule has 1 saturated heterocycles. The Morgan fingerprint density at radius 3 is 2.50 bits per heavy atom. The number of rotatable bonds is 2. The van der Waals surface area contributed by atoms with Crippen molar-refractivity contribution in [3.05, 3.63) is 17.3 Å². The molecular weight excluding hydrogens is 222 g/mol. The zero-order valence-corrected chi connectivity index (χ0v) is 10.7. The summed E-state index contributed by atoms with van der Waals surface area (Å²) in [5.74, 6) is 0.947. The molecule has 1 aliphatic rings. The second-order valence-corrected chi connectivity index (χ2v) is 5.25. The molecule has 0 bridgehead atoms. The van der Waals surface area contributed by atoms with Crippen LogP contribution in [0.4, 0.5) is 5.82 Å². The minimum absolute atomic E-state index is 0.458. The maximum atomic E-state index is 5.73. The second-order valence-electron chi connectivity index (χ2n) is 4.87. The van der Waals surface area contributed by atoms with Crippen molar-refractivity contribution in [2.24, 2.45) is 5.41 Å². The summed E-state index contributed by atoms with van der Waals surface area (Å²) in [5, 5.41) is 8.46. The van der Waals surface area contributed by atoms with Gasteiger partial charge in [0.2, 0.25) is 0 Å². The van der Waals surface area contributed by atoms with Crippen molar-refractivity contribution >= 4 is 17.4 Å². The lowest BCUT2D eigenvalue weighted by Crippen LogP contribution is -2.38. The van der Waals surface area contributed by atoms with Gasteiger partial charge in [0.1, 0.15) is 0 Å². The first kappa shape index (κ1) is 11.6. The van der Waals surface area contributed by atoms with Gasteiger partial charge in [-0.05, 0) is 30.4 Å². The monoisotopic (exact) mass is 239 g/mol. The van der Waals surface area contributed by atoms with Crippen LogP contribution in [-0.2, 0) is 0 Å². The smallest absolute Gasteiger partial charge is 0.151 e. The molecule has 0 atom stereocenters. The average molecular weight is 240 g/mol. The van der Waals surface area contributed by atoms with Crippen LogP contribution in [0, 0.1) is 5.41 Å². The van der Waals surface area contributed by atoms with Gasteiger partial charge in [0, 0.05) is 13.1 Å². The zero-order chi connectivity index (χ0) is 11.6. The Hall–Kier alpha value is -0.830. The van der Waals surface area contributed by atoms with Gasteiger partial charge in [0.15, 0.2) is 11.0 Å². The minimum atomic E-state index is 0.458. The van der Waals surface area contributed by atoms with Crippen molar-refractivity contribution in [2.75, 3.05) is 18.0 Å². The lowest BCUT2D eigenvalue weighted by Gasteiger charge is -2.39. The summed E-state index contributed by atoms with van der Waals surface area (Å²) in [6.45, 7) is 6.79. The van der Waals surface area contributed by atoms with E-state index in [9.17, 15) is 0 Å². The molecule has 1 aromatic rings. The van der Waals surface area contributed by atoms with Gasteiger partial charge in [-0.1, -0.05) is 31.9 Å². The van der Waals surface area contributed by atoms with Crippen LogP contribution in [0.3, 0.4) is 0 Å². The fraction of sp³-hybridized carbons (Fsp3) is 0.667. The largest absolute Gasteiger partial charge is 0.355 e. The van der Waals surface area contributed by atoms with Crippen molar-refractivity contribution in [3.8, 4) is 0 Å². The Morgan fingerprint density at radius 2 is 2.00 bits per heavy atom. The standard InChI is InChI=1S/C12H18ClN3/c1-3-12(2)6-8-16(9-7-12)11-5-4-10(13)14-15-11/h4-5H,3,6-9H2,1-2H3. The van der Waals surface area contributed by atoms with Gasteiger partial charge in [-0.2, -0.15) is 0 Å². The minimum Gasteiger partial charge on any atom is -0.355 e. The molecule has 88 valence electrons. The van der Waals surface area contributed by atoms with Gasteiger partial charge in [-0.3, -0.25) is 0 Å². The average Bonchev–Trinajstić information content (AvgIpc) is 2.32. The number of hydrogen-bond donors (Lipinski definition) is 0. The molecule has 1 fully saturated rings. The highest BCUT2D eigenvalue weighted by Crippen LogP contribution is 2.35. The lowest BCUT2D eigenvalue weighted by molar-refractivity contribution is 0.237. The van der Waals surface area contributed by atoms with E-state index < -0.39 is 0 Å². The van der Waals surface area contributed by atoms with Crippen molar-refractivity contribution in [1.82, 2.24) is 10.2 Å². The first-order valence-corrected chi connectivity index (χ1v) is 6.25. The van der Waals surface area contributed by atoms with E-state index in [1.54, 1.807) is 6.07 Å². The topological polar surface area (TPSA) is 29.0 Å². The van der Waals surface area contributed by atoms with Crippen LogP contribution >= 0.6 is 11.6 Å². The van der Waals surface area contributed by atoms with E-state index in [1.165, 1.54) is 19.3 Å². The third-order valence-corrected chi connectivity index (χ3v) is 3.97. The molecule has 16 heavy (non-hydrogen) atoms. The first-order valence-electron chi connectivity index (χ1n) is 5.87. The molecule has 3 nitrogen and oxygen atoms in total. The van der Waals surface area contributed by atoms with Gasteiger partial charge >= 0.3 is 0 Å². The molecule has 0 radical (unpaired) electrons. The summed E-state index contributed by atoms with van der Waals surface area (Å²) in [7, 11) is 0. The molecule has 1 aliphatic heterocycles. The van der Waals surface area contributed by atoms with Crippen LogP contribution in [0.15, 0.2) is 12.1 Å². The van der Waals surface area contributed by atoms with E-state index in [2.05, 4.69) is 28.9 Å². The van der Waals surface area contributed by atoms with Crippen LogP contribution in [0.2, 0.25) is 5.15 Å². The lowest BCUT2D eigenvalue weighted by atomic mass is 9.78. The van der Waals surface area contributed by atoms with Crippen LogP contribution < -0.4 is 4.90 Å². The maximum absolute atomic E-state index is 5.73. The normalized spacial score (nSPS) is 19.8. The number of aromatic nitrogens is 2. The third kappa shape index (κ3) is 2.46. The fourth-order valence-corrected chi connectivity index (χ4v) is 2.21. The maximum Gasteiger partial charge on any atom is 0.151 e. The number of nitrogens with zero attached hydrogens (tertiary/aromatic N) is 3. The van der Waals surface area contributed by atoms with Crippen molar-refractivity contribution in [2.45, 2.75) is 33.1 Å². The number of halogens is 1. The highest BCUT2D eigenvalue weighted by molar-refractivity contribution is 6.29. The summed E-state index contributed by atoms with van der Waals surface area (Å²) >= 11 is 5.73. The number of anilines is 1. The van der Waals surface area contributed by atoms with E-state index in [-0.39, 0.29) is 0 Å². The Morgan fingerprint density at radius 1 is 1.31 bits per heavy atom. The van der Waals surface area contributed by atoms with E-state index >= 15 is 0 Å². The zero-order valence-electron chi connectivity index (χ0n) is 9.91. The van der Waals surface area contributed by atoms with Gasteiger partial charge in [-0.25, -0.2) is 0 Å². The molecular formula is C12H18ClN3. The van der Waals surface area contributed by atoms with E-state index in [0.29, 0.717) is 10.6 Å². The molecule has 0 spiro atoms. The molecule has 1 aromatic heterocycles. The predicted molar refractivity (Wildman–Crippen MR) is 66.9 cm³/mol. The van der Waals surface area contributed by atoms with Crippen LogP contribution in [0.1, 0.15) is 33.1 Å². The molecule has 0 aliphatic carbocycles. The molecule has 0 unspecified atom stereocenters. The summed E-state index contributed by atoms with van der Waals surface area (Å²) in [4.78, 5) is 2.29. The molecule has 0 N–H and O–H groups in total. The summed E-state index contributed by atoms with van der Waals surface area (Å²) in [6.07, 6.45) is 3.72. The highest BCUT2D eigenvalue weighted by atomic mass is 35.5. The quantitative estimate of drug-likeness (QED) is 0.794.